The second-order valence-corrected chi connectivity index (χ2v) is 6.70. The van der Waals surface area contributed by atoms with Crippen molar-refractivity contribution in [2.45, 2.75) is 39.9 Å². The fourth-order valence-electron chi connectivity index (χ4n) is 3.46. The Balaban J connectivity index is 1.81. The molecule has 1 N–H and O–H groups in total. The Kier molecular flexibility index (Phi) is 4.75. The summed E-state index contributed by atoms with van der Waals surface area (Å²) in [7, 11) is 0. The van der Waals surface area contributed by atoms with Crippen LogP contribution in [-0.4, -0.2) is 29.1 Å². The van der Waals surface area contributed by atoms with Gasteiger partial charge in [0.05, 0.1) is 5.56 Å². The van der Waals surface area contributed by atoms with Crippen molar-refractivity contribution in [1.82, 2.24) is 4.57 Å². The van der Waals surface area contributed by atoms with E-state index in [2.05, 4.69) is 5.32 Å². The van der Waals surface area contributed by atoms with Crippen molar-refractivity contribution in [2.24, 2.45) is 0 Å². The Bertz CT molecular complexity index is 916. The number of halogens is 3. The lowest BCUT2D eigenvalue weighted by molar-refractivity contribution is -0.141. The standard InChI is InChI=1S/C19H20F3N3O2/c1-11-8-16(12(2)25(11)10-19(20,21)22)18(27)23-15-4-5-17-14(9-15)6-7-24(17)13(3)26/h4-5,8-9H,6-7,10H2,1-3H3,(H,23,27). The maximum atomic E-state index is 12.7. The average Bonchev–Trinajstić information content (AvgIpc) is 3.09. The first kappa shape index (κ1) is 19.0. The Morgan fingerprint density at radius 2 is 1.89 bits per heavy atom. The van der Waals surface area contributed by atoms with Gasteiger partial charge >= 0.3 is 6.18 Å². The molecule has 1 aromatic carbocycles. The van der Waals surface area contributed by atoms with Crippen LogP contribution in [0, 0.1) is 13.8 Å². The van der Waals surface area contributed by atoms with Gasteiger partial charge in [0, 0.05) is 36.2 Å². The number of fused-ring (bicyclic) bond motifs is 1. The van der Waals surface area contributed by atoms with Crippen molar-refractivity contribution in [3.8, 4) is 0 Å². The van der Waals surface area contributed by atoms with Gasteiger partial charge in [-0.2, -0.15) is 13.2 Å². The van der Waals surface area contributed by atoms with Crippen molar-refractivity contribution < 1.29 is 22.8 Å². The minimum absolute atomic E-state index is 0.0392. The number of alkyl halides is 3. The van der Waals surface area contributed by atoms with E-state index in [1.165, 1.54) is 19.9 Å². The van der Waals surface area contributed by atoms with E-state index in [4.69, 9.17) is 0 Å². The number of amides is 2. The fourth-order valence-corrected chi connectivity index (χ4v) is 3.46. The third kappa shape index (κ3) is 3.84. The van der Waals surface area contributed by atoms with Gasteiger partial charge in [-0.05, 0) is 50.1 Å². The first-order valence-corrected chi connectivity index (χ1v) is 8.52. The van der Waals surface area contributed by atoms with Gasteiger partial charge in [-0.3, -0.25) is 9.59 Å². The molecule has 0 bridgehead atoms. The van der Waals surface area contributed by atoms with Crippen LogP contribution in [0.2, 0.25) is 0 Å². The van der Waals surface area contributed by atoms with Crippen molar-refractivity contribution in [3.63, 3.8) is 0 Å². The maximum Gasteiger partial charge on any atom is 0.406 e. The molecule has 0 radical (unpaired) electrons. The highest BCUT2D eigenvalue weighted by Gasteiger charge is 2.30. The quantitative estimate of drug-likeness (QED) is 0.881. The molecule has 0 unspecified atom stereocenters. The molecule has 5 nitrogen and oxygen atoms in total. The number of aryl methyl sites for hydroxylation is 1. The molecule has 2 heterocycles. The van der Waals surface area contributed by atoms with E-state index in [-0.39, 0.29) is 17.2 Å². The lowest BCUT2D eigenvalue weighted by Crippen LogP contribution is -2.25. The van der Waals surface area contributed by atoms with Crippen LogP contribution >= 0.6 is 0 Å². The minimum Gasteiger partial charge on any atom is -0.339 e. The van der Waals surface area contributed by atoms with Crippen LogP contribution in [0.3, 0.4) is 0 Å². The van der Waals surface area contributed by atoms with Crippen LogP contribution in [0.25, 0.3) is 0 Å². The highest BCUT2D eigenvalue weighted by molar-refractivity contribution is 6.05. The topological polar surface area (TPSA) is 54.3 Å². The molecule has 1 aliphatic rings. The number of carbonyl (C=O) groups excluding carboxylic acids is 2. The number of rotatable bonds is 3. The Hall–Kier alpha value is -2.77. The molecule has 0 saturated heterocycles. The van der Waals surface area contributed by atoms with E-state index in [0.717, 1.165) is 15.8 Å². The molecule has 2 amide bonds. The minimum atomic E-state index is -4.36. The van der Waals surface area contributed by atoms with Crippen LogP contribution in [0.15, 0.2) is 24.3 Å². The Morgan fingerprint density at radius 3 is 2.52 bits per heavy atom. The predicted molar refractivity (Wildman–Crippen MR) is 96.1 cm³/mol. The summed E-state index contributed by atoms with van der Waals surface area (Å²) in [5, 5.41) is 2.74. The van der Waals surface area contributed by atoms with Crippen molar-refractivity contribution in [2.75, 3.05) is 16.8 Å². The molecule has 1 aromatic heterocycles. The van der Waals surface area contributed by atoms with Gasteiger partial charge in [0.25, 0.3) is 5.91 Å². The zero-order chi connectivity index (χ0) is 19.9. The fraction of sp³-hybridized carbons (Fsp3) is 0.368. The van der Waals surface area contributed by atoms with E-state index < -0.39 is 18.6 Å². The van der Waals surface area contributed by atoms with Gasteiger partial charge in [-0.1, -0.05) is 0 Å². The van der Waals surface area contributed by atoms with E-state index in [1.54, 1.807) is 30.0 Å². The zero-order valence-corrected chi connectivity index (χ0v) is 15.3. The molecular weight excluding hydrogens is 359 g/mol. The highest BCUT2D eigenvalue weighted by Crippen LogP contribution is 2.31. The molecule has 1 aliphatic heterocycles. The van der Waals surface area contributed by atoms with Crippen LogP contribution in [-0.2, 0) is 17.8 Å². The summed E-state index contributed by atoms with van der Waals surface area (Å²) in [6.45, 7) is 4.02. The van der Waals surface area contributed by atoms with Gasteiger partial charge in [0.2, 0.25) is 5.91 Å². The van der Waals surface area contributed by atoms with Gasteiger partial charge in [-0.15, -0.1) is 0 Å². The van der Waals surface area contributed by atoms with Crippen LogP contribution in [0.4, 0.5) is 24.5 Å². The number of hydrogen-bond acceptors (Lipinski definition) is 2. The van der Waals surface area contributed by atoms with E-state index in [1.807, 2.05) is 0 Å². The largest absolute Gasteiger partial charge is 0.406 e. The molecular formula is C19H20F3N3O2. The Morgan fingerprint density at radius 1 is 1.19 bits per heavy atom. The normalized spacial score (nSPS) is 13.6. The first-order chi connectivity index (χ1) is 12.6. The second-order valence-electron chi connectivity index (χ2n) is 6.70. The average molecular weight is 379 g/mol. The predicted octanol–water partition coefficient (Wildman–Crippen LogP) is 3.83. The van der Waals surface area contributed by atoms with Crippen LogP contribution in [0.5, 0.6) is 0 Å². The zero-order valence-electron chi connectivity index (χ0n) is 15.3. The molecule has 3 rings (SSSR count). The third-order valence-electron chi connectivity index (χ3n) is 4.77. The highest BCUT2D eigenvalue weighted by atomic mass is 19.4. The van der Waals surface area contributed by atoms with Crippen LogP contribution < -0.4 is 10.2 Å². The number of carbonyl (C=O) groups is 2. The molecule has 2 aromatic rings. The summed E-state index contributed by atoms with van der Waals surface area (Å²) in [4.78, 5) is 25.8. The molecule has 27 heavy (non-hydrogen) atoms. The summed E-state index contributed by atoms with van der Waals surface area (Å²) >= 11 is 0. The SMILES string of the molecule is CC(=O)N1CCc2cc(NC(=O)c3cc(C)n(CC(F)(F)F)c3C)ccc21. The van der Waals surface area contributed by atoms with E-state index in [0.29, 0.717) is 24.3 Å². The first-order valence-electron chi connectivity index (χ1n) is 8.52. The second kappa shape index (κ2) is 6.75. The lowest BCUT2D eigenvalue weighted by atomic mass is 10.1. The third-order valence-corrected chi connectivity index (χ3v) is 4.77. The number of nitrogens with one attached hydrogen (secondary N) is 1. The smallest absolute Gasteiger partial charge is 0.339 e. The number of nitrogens with zero attached hydrogens (tertiary/aromatic N) is 2. The van der Waals surface area contributed by atoms with Crippen molar-refractivity contribution in [1.29, 1.82) is 0 Å². The van der Waals surface area contributed by atoms with Crippen molar-refractivity contribution >= 4 is 23.2 Å². The number of anilines is 2. The summed E-state index contributed by atoms with van der Waals surface area (Å²) < 4.78 is 39.3. The molecule has 8 heteroatoms. The number of hydrogen-bond donors (Lipinski definition) is 1. The summed E-state index contributed by atoms with van der Waals surface area (Å²) in [5.41, 5.74) is 3.18. The van der Waals surface area contributed by atoms with Gasteiger partial charge in [0.15, 0.2) is 0 Å². The molecule has 0 saturated carbocycles. The summed E-state index contributed by atoms with van der Waals surface area (Å²) in [6, 6.07) is 6.71. The van der Waals surface area contributed by atoms with E-state index in [9.17, 15) is 22.8 Å². The van der Waals surface area contributed by atoms with Gasteiger partial charge < -0.3 is 14.8 Å². The maximum absolute atomic E-state index is 12.7. The molecule has 0 atom stereocenters. The molecule has 0 fully saturated rings. The molecule has 0 spiro atoms. The number of aromatic nitrogens is 1. The van der Waals surface area contributed by atoms with Crippen molar-refractivity contribution in [3.05, 3.63) is 46.8 Å². The molecule has 0 aliphatic carbocycles. The monoisotopic (exact) mass is 379 g/mol. The Labute approximate surface area is 154 Å². The van der Waals surface area contributed by atoms with Gasteiger partial charge in [0.1, 0.15) is 6.54 Å². The number of benzene rings is 1. The van der Waals surface area contributed by atoms with Gasteiger partial charge in [-0.25, -0.2) is 0 Å². The van der Waals surface area contributed by atoms with E-state index >= 15 is 0 Å². The molecule has 144 valence electrons. The lowest BCUT2D eigenvalue weighted by Gasteiger charge is -2.15. The summed E-state index contributed by atoms with van der Waals surface area (Å²) in [6.07, 6.45) is -3.66. The summed E-state index contributed by atoms with van der Waals surface area (Å²) in [5.74, 6) is -0.500. The van der Waals surface area contributed by atoms with Crippen LogP contribution in [0.1, 0.15) is 34.2 Å².